The summed E-state index contributed by atoms with van der Waals surface area (Å²) < 4.78 is 0. The molecule has 106 valence electrons. The van der Waals surface area contributed by atoms with E-state index in [1.165, 1.54) is 30.5 Å². The quantitative estimate of drug-likeness (QED) is 0.690. The number of halogens is 1. The van der Waals surface area contributed by atoms with Gasteiger partial charge in [0.2, 0.25) is 0 Å². The summed E-state index contributed by atoms with van der Waals surface area (Å²) in [7, 11) is 0. The Kier molecular flexibility index (Phi) is 12.1. The fraction of sp³-hybridized carbons (Fsp3) is 0.625. The predicted molar refractivity (Wildman–Crippen MR) is 78.6 cm³/mol. The van der Waals surface area contributed by atoms with Crippen molar-refractivity contribution in [3.63, 3.8) is 0 Å². The van der Waals surface area contributed by atoms with Gasteiger partial charge in [-0.25, -0.2) is 0 Å². The Morgan fingerprint density at radius 2 is 1.89 bits per heavy atom. The molecule has 0 radical (unpaired) electrons. The van der Waals surface area contributed by atoms with Gasteiger partial charge in [0.1, 0.15) is 0 Å². The van der Waals surface area contributed by atoms with Gasteiger partial charge in [-0.05, 0) is 38.8 Å². The lowest BCUT2D eigenvalue weighted by atomic mass is 10.1. The molecule has 1 rings (SSSR count). The van der Waals surface area contributed by atoms with Gasteiger partial charge >= 0.3 is 0 Å². The molecule has 1 aromatic rings. The van der Waals surface area contributed by atoms with Crippen LogP contribution < -0.4 is 24.0 Å². The number of hydrogen-bond acceptors (Lipinski definition) is 1. The number of likely N-dealkylation sites (N-methyl/N-ethyl adjacent to an activating group) is 1. The lowest BCUT2D eigenvalue weighted by molar-refractivity contribution is -0.00000415. The molecule has 0 aliphatic carbocycles. The van der Waals surface area contributed by atoms with E-state index in [4.69, 9.17) is 0 Å². The van der Waals surface area contributed by atoms with Gasteiger partial charge < -0.3 is 28.9 Å². The highest BCUT2D eigenvalue weighted by molar-refractivity contribution is 5.22. The van der Waals surface area contributed by atoms with Crippen molar-refractivity contribution in [2.24, 2.45) is 0 Å². The van der Waals surface area contributed by atoms with Crippen molar-refractivity contribution in [3.05, 3.63) is 35.4 Å². The highest BCUT2D eigenvalue weighted by atomic mass is 127. The molecular formula is C16H29IN-. The maximum atomic E-state index is 2.56. The lowest BCUT2D eigenvalue weighted by Gasteiger charge is -2.26. The minimum absolute atomic E-state index is 0. The zero-order valence-corrected chi connectivity index (χ0v) is 13.7. The van der Waals surface area contributed by atoms with E-state index in [9.17, 15) is 0 Å². The fourth-order valence-corrected chi connectivity index (χ4v) is 2.09. The number of benzene rings is 1. The molecule has 0 bridgehead atoms. The Hall–Kier alpha value is -0.0900. The summed E-state index contributed by atoms with van der Waals surface area (Å²) >= 11 is 0. The number of aryl methyl sites for hydroxylation is 1. The third kappa shape index (κ3) is 6.74. The predicted octanol–water partition coefficient (Wildman–Crippen LogP) is 1.30. The SMILES string of the molecule is C.CCC(C)N(CC)CCc1cccc(C)c1.[I-]. The van der Waals surface area contributed by atoms with Crippen LogP contribution in [0.4, 0.5) is 0 Å². The first-order chi connectivity index (χ1) is 7.67. The second-order valence-electron chi connectivity index (χ2n) is 4.62. The first-order valence-corrected chi connectivity index (χ1v) is 6.47. The van der Waals surface area contributed by atoms with Crippen LogP contribution in [-0.2, 0) is 6.42 Å². The average molecular weight is 362 g/mol. The van der Waals surface area contributed by atoms with Gasteiger partial charge in [-0.1, -0.05) is 51.1 Å². The maximum Gasteiger partial charge on any atom is 0.00643 e. The molecule has 0 fully saturated rings. The normalized spacial score (nSPS) is 11.6. The molecule has 0 N–H and O–H groups in total. The Balaban J connectivity index is 0. The third-order valence-corrected chi connectivity index (χ3v) is 3.39. The van der Waals surface area contributed by atoms with E-state index >= 15 is 0 Å². The van der Waals surface area contributed by atoms with E-state index in [2.05, 4.69) is 56.9 Å². The van der Waals surface area contributed by atoms with Gasteiger partial charge in [0.05, 0.1) is 0 Å². The second-order valence-corrected chi connectivity index (χ2v) is 4.62. The first-order valence-electron chi connectivity index (χ1n) is 6.47. The first kappa shape index (κ1) is 20.2. The Morgan fingerprint density at radius 1 is 1.22 bits per heavy atom. The highest BCUT2D eigenvalue weighted by Crippen LogP contribution is 2.08. The van der Waals surface area contributed by atoms with Crippen LogP contribution in [0.5, 0.6) is 0 Å². The van der Waals surface area contributed by atoms with E-state index in [1.807, 2.05) is 0 Å². The van der Waals surface area contributed by atoms with Crippen LogP contribution in [0.3, 0.4) is 0 Å². The summed E-state index contributed by atoms with van der Waals surface area (Å²) in [4.78, 5) is 2.56. The molecule has 2 heteroatoms. The van der Waals surface area contributed by atoms with Crippen molar-refractivity contribution in [1.29, 1.82) is 0 Å². The van der Waals surface area contributed by atoms with Gasteiger partial charge in [0, 0.05) is 12.6 Å². The van der Waals surface area contributed by atoms with Crippen molar-refractivity contribution in [2.45, 2.75) is 54.0 Å². The number of hydrogen-bond donors (Lipinski definition) is 0. The molecular weight excluding hydrogens is 333 g/mol. The smallest absolute Gasteiger partial charge is 0.00643 e. The largest absolute Gasteiger partial charge is 1.00 e. The maximum absolute atomic E-state index is 2.56. The monoisotopic (exact) mass is 362 g/mol. The molecule has 0 heterocycles. The molecule has 0 aromatic heterocycles. The van der Waals surface area contributed by atoms with Crippen LogP contribution in [0, 0.1) is 6.92 Å². The number of nitrogens with zero attached hydrogens (tertiary/aromatic N) is 1. The molecule has 0 aliphatic rings. The van der Waals surface area contributed by atoms with E-state index in [1.54, 1.807) is 0 Å². The summed E-state index contributed by atoms with van der Waals surface area (Å²) in [6.07, 6.45) is 2.40. The van der Waals surface area contributed by atoms with Gasteiger partial charge in [0.25, 0.3) is 0 Å². The summed E-state index contributed by atoms with van der Waals surface area (Å²) in [5.41, 5.74) is 2.82. The summed E-state index contributed by atoms with van der Waals surface area (Å²) in [6.45, 7) is 11.3. The second kappa shape index (κ2) is 10.8. The molecule has 1 nitrogen and oxygen atoms in total. The highest BCUT2D eigenvalue weighted by Gasteiger charge is 2.09. The summed E-state index contributed by atoms with van der Waals surface area (Å²) in [5.74, 6) is 0. The Morgan fingerprint density at radius 3 is 2.39 bits per heavy atom. The van der Waals surface area contributed by atoms with Gasteiger partial charge in [-0.15, -0.1) is 0 Å². The number of rotatable bonds is 6. The Bertz CT molecular complexity index is 312. The van der Waals surface area contributed by atoms with Crippen molar-refractivity contribution < 1.29 is 24.0 Å². The average Bonchev–Trinajstić information content (AvgIpc) is 2.29. The van der Waals surface area contributed by atoms with Crippen LogP contribution >= 0.6 is 0 Å². The Labute approximate surface area is 131 Å². The zero-order valence-electron chi connectivity index (χ0n) is 11.5. The molecule has 0 aliphatic heterocycles. The molecule has 1 unspecified atom stereocenters. The van der Waals surface area contributed by atoms with Crippen LogP contribution in [0.1, 0.15) is 45.7 Å². The molecule has 18 heavy (non-hydrogen) atoms. The standard InChI is InChI=1S/C15H25N.CH4.HI/c1-5-14(4)16(6-2)11-10-15-9-7-8-13(3)12-15;;/h7-9,12,14H,5-6,10-11H2,1-4H3;1H4;1H/p-1. The minimum atomic E-state index is 0. The molecule has 0 spiro atoms. The molecule has 1 aromatic carbocycles. The van der Waals surface area contributed by atoms with E-state index in [-0.39, 0.29) is 31.4 Å². The van der Waals surface area contributed by atoms with E-state index in [0.29, 0.717) is 6.04 Å². The van der Waals surface area contributed by atoms with Crippen LogP contribution in [0.15, 0.2) is 24.3 Å². The fourth-order valence-electron chi connectivity index (χ4n) is 2.09. The lowest BCUT2D eigenvalue weighted by Crippen LogP contribution is -3.00. The van der Waals surface area contributed by atoms with Crippen LogP contribution in [0.25, 0.3) is 0 Å². The molecule has 0 saturated carbocycles. The van der Waals surface area contributed by atoms with Crippen molar-refractivity contribution >= 4 is 0 Å². The minimum Gasteiger partial charge on any atom is -1.00 e. The third-order valence-electron chi connectivity index (χ3n) is 3.39. The van der Waals surface area contributed by atoms with Crippen LogP contribution in [0.2, 0.25) is 0 Å². The zero-order chi connectivity index (χ0) is 12.0. The van der Waals surface area contributed by atoms with Crippen LogP contribution in [-0.4, -0.2) is 24.0 Å². The van der Waals surface area contributed by atoms with E-state index in [0.717, 1.165) is 6.54 Å². The van der Waals surface area contributed by atoms with Crippen molar-refractivity contribution in [2.75, 3.05) is 13.1 Å². The van der Waals surface area contributed by atoms with Crippen molar-refractivity contribution in [3.8, 4) is 0 Å². The van der Waals surface area contributed by atoms with E-state index < -0.39 is 0 Å². The van der Waals surface area contributed by atoms with Crippen molar-refractivity contribution in [1.82, 2.24) is 4.90 Å². The summed E-state index contributed by atoms with van der Waals surface area (Å²) in [6, 6.07) is 9.55. The van der Waals surface area contributed by atoms with Gasteiger partial charge in [0.15, 0.2) is 0 Å². The van der Waals surface area contributed by atoms with Gasteiger partial charge in [-0.3, -0.25) is 0 Å². The van der Waals surface area contributed by atoms with Gasteiger partial charge in [-0.2, -0.15) is 0 Å². The topological polar surface area (TPSA) is 3.24 Å². The summed E-state index contributed by atoms with van der Waals surface area (Å²) in [5, 5.41) is 0. The molecule has 1 atom stereocenters. The molecule has 0 amide bonds. The molecule has 0 saturated heterocycles.